The maximum absolute atomic E-state index is 13.6. The Hall–Kier alpha value is -2.83. The van der Waals surface area contributed by atoms with E-state index in [1.54, 1.807) is 17.5 Å². The molecule has 0 atom stereocenters. The van der Waals surface area contributed by atoms with E-state index in [9.17, 15) is 18.0 Å². The highest BCUT2D eigenvalue weighted by molar-refractivity contribution is 5.92. The number of hydrogen-bond acceptors (Lipinski definition) is 2. The van der Waals surface area contributed by atoms with Crippen molar-refractivity contribution in [3.05, 3.63) is 64.9 Å². The first-order valence-electron chi connectivity index (χ1n) is 7.25. The quantitative estimate of drug-likeness (QED) is 0.745. The Kier molecular flexibility index (Phi) is 4.01. The summed E-state index contributed by atoms with van der Waals surface area (Å²) < 4.78 is 41.6. The summed E-state index contributed by atoms with van der Waals surface area (Å²) >= 11 is 0. The molecule has 2 aromatic heterocycles. The van der Waals surface area contributed by atoms with Crippen LogP contribution in [0, 0.1) is 31.3 Å². The summed E-state index contributed by atoms with van der Waals surface area (Å²) in [7, 11) is 0. The molecule has 1 N–H and O–H groups in total. The Bertz CT molecular complexity index is 950. The molecule has 0 aliphatic rings. The number of anilines is 1. The van der Waals surface area contributed by atoms with Gasteiger partial charge in [0.25, 0.3) is 0 Å². The van der Waals surface area contributed by atoms with Crippen LogP contribution in [0.1, 0.15) is 17.0 Å². The molecule has 24 heavy (non-hydrogen) atoms. The molecule has 1 amide bonds. The average Bonchev–Trinajstić information content (AvgIpc) is 2.86. The summed E-state index contributed by atoms with van der Waals surface area (Å²) in [5.74, 6) is -4.90. The van der Waals surface area contributed by atoms with Gasteiger partial charge in [-0.05, 0) is 37.6 Å². The maximum Gasteiger partial charge on any atom is 0.230 e. The number of rotatable bonds is 3. The second kappa shape index (κ2) is 5.99. The molecule has 0 bridgehead atoms. The molecular formula is C17H14F3N3O. The van der Waals surface area contributed by atoms with Gasteiger partial charge in [-0.25, -0.2) is 18.2 Å². The van der Waals surface area contributed by atoms with Crippen LogP contribution in [0.2, 0.25) is 0 Å². The SMILES string of the molecule is Cc1nc2c(C)cccn2c1CC(=O)Nc1ccc(F)c(F)c1F. The number of carbonyl (C=O) groups is 1. The molecule has 1 aromatic carbocycles. The van der Waals surface area contributed by atoms with Crippen molar-refractivity contribution in [1.29, 1.82) is 0 Å². The normalized spacial score (nSPS) is 11.0. The van der Waals surface area contributed by atoms with Crippen LogP contribution < -0.4 is 5.32 Å². The number of fused-ring (bicyclic) bond motifs is 1. The van der Waals surface area contributed by atoms with E-state index in [4.69, 9.17) is 0 Å². The van der Waals surface area contributed by atoms with Crippen LogP contribution in [0.3, 0.4) is 0 Å². The van der Waals surface area contributed by atoms with E-state index >= 15 is 0 Å². The molecule has 0 saturated heterocycles. The Morgan fingerprint density at radius 3 is 2.67 bits per heavy atom. The average molecular weight is 333 g/mol. The van der Waals surface area contributed by atoms with Crippen LogP contribution in [0.5, 0.6) is 0 Å². The minimum atomic E-state index is -1.62. The monoisotopic (exact) mass is 333 g/mol. The number of halogens is 3. The number of nitrogens with one attached hydrogen (secondary N) is 1. The lowest BCUT2D eigenvalue weighted by atomic mass is 10.2. The van der Waals surface area contributed by atoms with Crippen molar-refractivity contribution in [3.63, 3.8) is 0 Å². The Morgan fingerprint density at radius 2 is 1.92 bits per heavy atom. The highest BCUT2D eigenvalue weighted by Gasteiger charge is 2.18. The molecule has 124 valence electrons. The molecule has 0 unspecified atom stereocenters. The van der Waals surface area contributed by atoms with Crippen molar-refractivity contribution < 1.29 is 18.0 Å². The van der Waals surface area contributed by atoms with Crippen LogP contribution in [0.15, 0.2) is 30.5 Å². The Morgan fingerprint density at radius 1 is 1.17 bits per heavy atom. The van der Waals surface area contributed by atoms with Gasteiger partial charge < -0.3 is 9.72 Å². The van der Waals surface area contributed by atoms with Gasteiger partial charge in [-0.3, -0.25) is 4.79 Å². The van der Waals surface area contributed by atoms with Crippen LogP contribution in [0.4, 0.5) is 18.9 Å². The smallest absolute Gasteiger partial charge is 0.230 e. The van der Waals surface area contributed by atoms with Crippen LogP contribution in [-0.2, 0) is 11.2 Å². The van der Waals surface area contributed by atoms with Crippen molar-refractivity contribution >= 4 is 17.2 Å². The molecule has 2 heterocycles. The second-order valence-electron chi connectivity index (χ2n) is 5.48. The van der Waals surface area contributed by atoms with Gasteiger partial charge in [0.2, 0.25) is 5.91 Å². The third-order valence-corrected chi connectivity index (χ3v) is 3.78. The van der Waals surface area contributed by atoms with Crippen LogP contribution in [-0.4, -0.2) is 15.3 Å². The number of imidazole rings is 1. The number of aromatic nitrogens is 2. The van der Waals surface area contributed by atoms with Gasteiger partial charge >= 0.3 is 0 Å². The molecular weight excluding hydrogens is 319 g/mol. The van der Waals surface area contributed by atoms with E-state index in [0.717, 1.165) is 23.3 Å². The van der Waals surface area contributed by atoms with Crippen molar-refractivity contribution in [2.75, 3.05) is 5.32 Å². The fourth-order valence-electron chi connectivity index (χ4n) is 2.55. The lowest BCUT2D eigenvalue weighted by Gasteiger charge is -2.08. The van der Waals surface area contributed by atoms with Crippen molar-refractivity contribution in [2.45, 2.75) is 20.3 Å². The summed E-state index contributed by atoms with van der Waals surface area (Å²) in [5, 5.41) is 2.26. The zero-order valence-electron chi connectivity index (χ0n) is 13.0. The first kappa shape index (κ1) is 16.0. The molecule has 0 aliphatic carbocycles. The van der Waals surface area contributed by atoms with Gasteiger partial charge in [0, 0.05) is 6.20 Å². The van der Waals surface area contributed by atoms with E-state index in [0.29, 0.717) is 11.4 Å². The predicted molar refractivity (Wildman–Crippen MR) is 83.3 cm³/mol. The van der Waals surface area contributed by atoms with Crippen molar-refractivity contribution in [1.82, 2.24) is 9.38 Å². The van der Waals surface area contributed by atoms with Crippen molar-refractivity contribution in [2.24, 2.45) is 0 Å². The van der Waals surface area contributed by atoms with Gasteiger partial charge in [-0.1, -0.05) is 6.07 Å². The predicted octanol–water partition coefficient (Wildman–Crippen LogP) is 3.55. The van der Waals surface area contributed by atoms with Gasteiger partial charge in [0.15, 0.2) is 17.5 Å². The molecule has 0 aliphatic heterocycles. The highest BCUT2D eigenvalue weighted by Crippen LogP contribution is 2.21. The van der Waals surface area contributed by atoms with E-state index in [2.05, 4.69) is 10.3 Å². The lowest BCUT2D eigenvalue weighted by molar-refractivity contribution is -0.115. The Balaban J connectivity index is 1.87. The van der Waals surface area contributed by atoms with Crippen LogP contribution >= 0.6 is 0 Å². The zero-order chi connectivity index (χ0) is 17.4. The lowest BCUT2D eigenvalue weighted by Crippen LogP contribution is -2.17. The number of nitrogens with zero attached hydrogens (tertiary/aromatic N) is 2. The van der Waals surface area contributed by atoms with E-state index < -0.39 is 29.0 Å². The minimum absolute atomic E-state index is 0.0745. The number of hydrogen-bond donors (Lipinski definition) is 1. The summed E-state index contributed by atoms with van der Waals surface area (Å²) in [4.78, 5) is 16.6. The molecule has 3 rings (SSSR count). The second-order valence-corrected chi connectivity index (χ2v) is 5.48. The zero-order valence-corrected chi connectivity index (χ0v) is 13.0. The van der Waals surface area contributed by atoms with Gasteiger partial charge in [0.05, 0.1) is 23.5 Å². The summed E-state index contributed by atoms with van der Waals surface area (Å²) in [6.45, 7) is 3.68. The molecule has 0 radical (unpaired) electrons. The van der Waals surface area contributed by atoms with Crippen LogP contribution in [0.25, 0.3) is 5.65 Å². The fourth-order valence-corrected chi connectivity index (χ4v) is 2.55. The van der Waals surface area contributed by atoms with E-state index in [1.807, 2.05) is 19.1 Å². The van der Waals surface area contributed by atoms with Gasteiger partial charge in [-0.2, -0.15) is 0 Å². The first-order chi connectivity index (χ1) is 11.4. The van der Waals surface area contributed by atoms with Gasteiger partial charge in [0.1, 0.15) is 5.65 Å². The summed E-state index contributed by atoms with van der Waals surface area (Å²) in [6, 6.07) is 5.48. The molecule has 3 aromatic rings. The third kappa shape index (κ3) is 2.73. The number of amides is 1. The molecule has 7 heteroatoms. The molecule has 4 nitrogen and oxygen atoms in total. The topological polar surface area (TPSA) is 46.4 Å². The van der Waals surface area contributed by atoms with E-state index in [-0.39, 0.29) is 6.42 Å². The molecule has 0 spiro atoms. The largest absolute Gasteiger partial charge is 0.323 e. The fraction of sp³-hybridized carbons (Fsp3) is 0.176. The highest BCUT2D eigenvalue weighted by atomic mass is 19.2. The maximum atomic E-state index is 13.6. The summed E-state index contributed by atoms with van der Waals surface area (Å²) in [6.07, 6.45) is 1.71. The van der Waals surface area contributed by atoms with E-state index in [1.165, 1.54) is 0 Å². The molecule has 0 fully saturated rings. The third-order valence-electron chi connectivity index (χ3n) is 3.78. The first-order valence-corrected chi connectivity index (χ1v) is 7.25. The van der Waals surface area contributed by atoms with Crippen molar-refractivity contribution in [3.8, 4) is 0 Å². The standard InChI is InChI=1S/C17H14F3N3O/c1-9-4-3-7-23-13(10(2)21-17(9)23)8-14(24)22-12-6-5-11(18)15(19)16(12)20/h3-7H,8H2,1-2H3,(H,22,24). The van der Waals surface area contributed by atoms with Gasteiger partial charge in [-0.15, -0.1) is 0 Å². The molecule has 0 saturated carbocycles. The number of carbonyl (C=O) groups excluding carboxylic acids is 1. The number of pyridine rings is 1. The summed E-state index contributed by atoms with van der Waals surface area (Å²) in [5.41, 5.74) is 2.61. The number of aryl methyl sites for hydroxylation is 2. The minimum Gasteiger partial charge on any atom is -0.323 e. The number of benzene rings is 1. The Labute approximate surface area is 135 Å².